The van der Waals surface area contributed by atoms with Crippen molar-refractivity contribution in [3.63, 3.8) is 0 Å². The fourth-order valence-corrected chi connectivity index (χ4v) is 3.57. The molecule has 2 aliphatic carbocycles. The fourth-order valence-electron chi connectivity index (χ4n) is 3.57. The van der Waals surface area contributed by atoms with Crippen molar-refractivity contribution < 1.29 is 4.79 Å². The Balaban J connectivity index is 1.49. The van der Waals surface area contributed by atoms with Gasteiger partial charge >= 0.3 is 0 Å². The van der Waals surface area contributed by atoms with Crippen molar-refractivity contribution in [2.24, 2.45) is 11.8 Å². The minimum Gasteiger partial charge on any atom is -0.339 e. The maximum absolute atomic E-state index is 12.1. The van der Waals surface area contributed by atoms with Gasteiger partial charge in [-0.1, -0.05) is 0 Å². The number of carbonyl (C=O) groups excluding carboxylic acids is 1. The highest BCUT2D eigenvalue weighted by Gasteiger charge is 2.49. The van der Waals surface area contributed by atoms with Crippen LogP contribution in [0.2, 0.25) is 0 Å². The molecule has 17 heavy (non-hydrogen) atoms. The van der Waals surface area contributed by atoms with Crippen molar-refractivity contribution in [2.45, 2.75) is 25.3 Å². The van der Waals surface area contributed by atoms with E-state index in [2.05, 4.69) is 17.3 Å². The van der Waals surface area contributed by atoms with Gasteiger partial charge in [-0.05, 0) is 38.1 Å². The zero-order valence-corrected chi connectivity index (χ0v) is 10.7. The second-order valence-electron chi connectivity index (χ2n) is 5.85. The van der Waals surface area contributed by atoms with Crippen LogP contribution in [0.25, 0.3) is 0 Å². The molecule has 1 amide bonds. The summed E-state index contributed by atoms with van der Waals surface area (Å²) in [7, 11) is 2.13. The molecule has 3 unspecified atom stereocenters. The lowest BCUT2D eigenvalue weighted by molar-refractivity contribution is -0.133. The molecule has 96 valence electrons. The monoisotopic (exact) mass is 237 g/mol. The lowest BCUT2D eigenvalue weighted by Gasteiger charge is -2.31. The van der Waals surface area contributed by atoms with Crippen molar-refractivity contribution in [1.29, 1.82) is 0 Å². The van der Waals surface area contributed by atoms with Gasteiger partial charge in [-0.25, -0.2) is 0 Å². The normalized spacial score (nSPS) is 36.1. The molecule has 1 aliphatic heterocycles. The van der Waals surface area contributed by atoms with Gasteiger partial charge < -0.3 is 10.2 Å². The molecule has 1 heterocycles. The van der Waals surface area contributed by atoms with Crippen LogP contribution in [-0.2, 0) is 4.79 Å². The van der Waals surface area contributed by atoms with Crippen LogP contribution in [0, 0.1) is 11.8 Å². The topological polar surface area (TPSA) is 35.6 Å². The van der Waals surface area contributed by atoms with Crippen LogP contribution in [0.15, 0.2) is 0 Å². The van der Waals surface area contributed by atoms with Gasteiger partial charge in [0, 0.05) is 32.2 Å². The first-order chi connectivity index (χ1) is 8.25. The van der Waals surface area contributed by atoms with Gasteiger partial charge in [0.15, 0.2) is 0 Å². The molecular formula is C13H23N3O. The Bertz CT molecular complexity index is 301. The highest BCUT2D eigenvalue weighted by atomic mass is 16.2. The molecule has 1 saturated heterocycles. The number of amides is 1. The van der Waals surface area contributed by atoms with Crippen molar-refractivity contribution in [3.8, 4) is 0 Å². The molecule has 0 aromatic rings. The van der Waals surface area contributed by atoms with Crippen LogP contribution in [0.1, 0.15) is 19.3 Å². The van der Waals surface area contributed by atoms with Gasteiger partial charge in [0.2, 0.25) is 5.91 Å². The average molecular weight is 237 g/mol. The molecule has 3 fully saturated rings. The number of nitrogens with zero attached hydrogens (tertiary/aromatic N) is 2. The Labute approximate surface area is 103 Å². The number of piperazine rings is 1. The molecule has 3 rings (SSSR count). The van der Waals surface area contributed by atoms with E-state index in [-0.39, 0.29) is 0 Å². The predicted molar refractivity (Wildman–Crippen MR) is 66.7 cm³/mol. The number of hydrogen-bond acceptors (Lipinski definition) is 3. The Kier molecular flexibility index (Phi) is 3.09. The Morgan fingerprint density at radius 3 is 2.71 bits per heavy atom. The van der Waals surface area contributed by atoms with E-state index in [1.54, 1.807) is 0 Å². The summed E-state index contributed by atoms with van der Waals surface area (Å²) in [5.41, 5.74) is 0. The summed E-state index contributed by atoms with van der Waals surface area (Å²) in [5.74, 6) is 2.23. The standard InChI is InChI=1S/C13H23N3O/c1-15(12-3-2-10-8-11(10)12)9-13(17)16-6-4-14-5-7-16/h10-12,14H,2-9H2,1H3. The van der Waals surface area contributed by atoms with Crippen LogP contribution in [0.4, 0.5) is 0 Å². The molecule has 0 radical (unpaired) electrons. The first-order valence-corrected chi connectivity index (χ1v) is 6.94. The highest BCUT2D eigenvalue weighted by molar-refractivity contribution is 5.78. The number of hydrogen-bond donors (Lipinski definition) is 1. The minimum atomic E-state index is 0.318. The third-order valence-electron chi connectivity index (χ3n) is 4.73. The maximum Gasteiger partial charge on any atom is 0.236 e. The fraction of sp³-hybridized carbons (Fsp3) is 0.923. The molecule has 4 nitrogen and oxygen atoms in total. The SMILES string of the molecule is CN(CC(=O)N1CCNCC1)C1CCC2CC21. The predicted octanol–water partition coefficient (Wildman–Crippen LogP) is 0.149. The number of rotatable bonds is 3. The Morgan fingerprint density at radius 2 is 2.12 bits per heavy atom. The lowest BCUT2D eigenvalue weighted by atomic mass is 10.1. The number of fused-ring (bicyclic) bond motifs is 1. The highest BCUT2D eigenvalue weighted by Crippen LogP contribution is 2.53. The van der Waals surface area contributed by atoms with Crippen LogP contribution >= 0.6 is 0 Å². The summed E-state index contributed by atoms with van der Waals surface area (Å²) < 4.78 is 0. The molecule has 1 N–H and O–H groups in total. The molecule has 4 heteroatoms. The summed E-state index contributed by atoms with van der Waals surface area (Å²) in [4.78, 5) is 16.5. The van der Waals surface area contributed by atoms with Crippen molar-refractivity contribution in [3.05, 3.63) is 0 Å². The van der Waals surface area contributed by atoms with E-state index in [9.17, 15) is 4.79 Å². The summed E-state index contributed by atoms with van der Waals surface area (Å²) in [6, 6.07) is 0.687. The molecule has 0 bridgehead atoms. The third-order valence-corrected chi connectivity index (χ3v) is 4.73. The Morgan fingerprint density at radius 1 is 1.35 bits per heavy atom. The largest absolute Gasteiger partial charge is 0.339 e. The van der Waals surface area contributed by atoms with E-state index in [0.717, 1.165) is 38.0 Å². The summed E-state index contributed by atoms with van der Waals surface area (Å²) in [6.07, 6.45) is 4.11. The van der Waals surface area contributed by atoms with Gasteiger partial charge in [-0.15, -0.1) is 0 Å². The van der Waals surface area contributed by atoms with E-state index >= 15 is 0 Å². The van der Waals surface area contributed by atoms with Crippen LogP contribution in [0.3, 0.4) is 0 Å². The first-order valence-electron chi connectivity index (χ1n) is 6.94. The molecule has 0 spiro atoms. The zero-order valence-electron chi connectivity index (χ0n) is 10.7. The molecule has 3 aliphatic rings. The minimum absolute atomic E-state index is 0.318. The summed E-state index contributed by atoms with van der Waals surface area (Å²) >= 11 is 0. The van der Waals surface area contributed by atoms with E-state index in [4.69, 9.17) is 0 Å². The van der Waals surface area contributed by atoms with Gasteiger partial charge in [-0.2, -0.15) is 0 Å². The smallest absolute Gasteiger partial charge is 0.236 e. The van der Waals surface area contributed by atoms with Crippen molar-refractivity contribution in [2.75, 3.05) is 39.8 Å². The lowest BCUT2D eigenvalue weighted by Crippen LogP contribution is -2.50. The van der Waals surface area contributed by atoms with Crippen molar-refractivity contribution in [1.82, 2.24) is 15.1 Å². The van der Waals surface area contributed by atoms with E-state index in [1.165, 1.54) is 19.3 Å². The first kappa shape index (κ1) is 11.5. The second kappa shape index (κ2) is 4.58. The summed E-state index contributed by atoms with van der Waals surface area (Å²) in [5, 5.41) is 3.28. The molecule has 3 atom stereocenters. The number of likely N-dealkylation sites (N-methyl/N-ethyl adjacent to an activating group) is 1. The van der Waals surface area contributed by atoms with Crippen LogP contribution < -0.4 is 5.32 Å². The van der Waals surface area contributed by atoms with E-state index in [0.29, 0.717) is 18.5 Å². The average Bonchev–Trinajstić information content (AvgIpc) is 3.01. The van der Waals surface area contributed by atoms with Crippen molar-refractivity contribution >= 4 is 5.91 Å². The van der Waals surface area contributed by atoms with Crippen LogP contribution in [0.5, 0.6) is 0 Å². The van der Waals surface area contributed by atoms with Gasteiger partial charge in [0.05, 0.1) is 6.54 Å². The number of nitrogens with one attached hydrogen (secondary N) is 1. The Hall–Kier alpha value is -0.610. The zero-order chi connectivity index (χ0) is 11.8. The molecule has 0 aromatic carbocycles. The third kappa shape index (κ3) is 2.33. The van der Waals surface area contributed by atoms with Crippen LogP contribution in [-0.4, -0.2) is 61.5 Å². The van der Waals surface area contributed by atoms with Gasteiger partial charge in [-0.3, -0.25) is 9.69 Å². The second-order valence-corrected chi connectivity index (χ2v) is 5.85. The number of carbonyl (C=O) groups is 1. The van der Waals surface area contributed by atoms with Gasteiger partial charge in [0.1, 0.15) is 0 Å². The summed E-state index contributed by atoms with van der Waals surface area (Å²) in [6.45, 7) is 4.27. The quantitative estimate of drug-likeness (QED) is 0.759. The van der Waals surface area contributed by atoms with E-state index in [1.807, 2.05) is 4.90 Å². The molecular weight excluding hydrogens is 214 g/mol. The van der Waals surface area contributed by atoms with Gasteiger partial charge in [0.25, 0.3) is 0 Å². The molecule has 2 saturated carbocycles. The molecule has 0 aromatic heterocycles. The van der Waals surface area contributed by atoms with E-state index < -0.39 is 0 Å². The maximum atomic E-state index is 12.1.